The summed E-state index contributed by atoms with van der Waals surface area (Å²) in [4.78, 5) is 22.9. The summed E-state index contributed by atoms with van der Waals surface area (Å²) < 4.78 is 5.07. The first-order chi connectivity index (χ1) is 9.49. The number of ether oxygens (including phenoxy) is 1. The van der Waals surface area contributed by atoms with Crippen LogP contribution in [0.2, 0.25) is 10.0 Å². The van der Waals surface area contributed by atoms with Crippen molar-refractivity contribution in [3.8, 4) is 5.75 Å². The van der Waals surface area contributed by atoms with Crippen LogP contribution < -0.4 is 4.74 Å². The van der Waals surface area contributed by atoms with Crippen molar-refractivity contribution in [2.75, 3.05) is 0 Å². The fraction of sp³-hybridized carbons (Fsp3) is 0. The Labute approximate surface area is 124 Å². The second-order valence-corrected chi connectivity index (χ2v) is 4.63. The van der Waals surface area contributed by atoms with Gasteiger partial charge in [0.25, 0.3) is 0 Å². The minimum absolute atomic E-state index is 0.0314. The second kappa shape index (κ2) is 5.94. The number of benzene rings is 2. The lowest BCUT2D eigenvalue weighted by Gasteiger charge is -2.07. The molecule has 0 atom stereocenters. The van der Waals surface area contributed by atoms with Crippen LogP contribution in [0.25, 0.3) is 0 Å². The Hall–Kier alpha value is -2.04. The summed E-state index contributed by atoms with van der Waals surface area (Å²) in [5.41, 5.74) is 0.0838. The summed E-state index contributed by atoms with van der Waals surface area (Å²) in [5.74, 6) is -1.92. The van der Waals surface area contributed by atoms with Gasteiger partial charge in [0.05, 0.1) is 15.6 Å². The van der Waals surface area contributed by atoms with Gasteiger partial charge in [0.15, 0.2) is 0 Å². The van der Waals surface area contributed by atoms with Crippen LogP contribution in [-0.2, 0) is 0 Å². The monoisotopic (exact) mass is 310 g/mol. The van der Waals surface area contributed by atoms with Gasteiger partial charge in [0.2, 0.25) is 0 Å². The highest BCUT2D eigenvalue weighted by Gasteiger charge is 2.15. The molecule has 6 heteroatoms. The predicted octanol–water partition coefficient (Wildman–Crippen LogP) is 3.91. The molecule has 0 fully saturated rings. The van der Waals surface area contributed by atoms with E-state index in [2.05, 4.69) is 0 Å². The summed E-state index contributed by atoms with van der Waals surface area (Å²) in [7, 11) is 0. The number of carbonyl (C=O) groups is 2. The summed E-state index contributed by atoms with van der Waals surface area (Å²) in [6.45, 7) is 0. The molecule has 0 spiro atoms. The molecule has 0 saturated carbocycles. The van der Waals surface area contributed by atoms with Crippen LogP contribution in [0.1, 0.15) is 20.7 Å². The number of hydrogen-bond acceptors (Lipinski definition) is 3. The van der Waals surface area contributed by atoms with Crippen LogP contribution in [0, 0.1) is 0 Å². The molecule has 20 heavy (non-hydrogen) atoms. The highest BCUT2D eigenvalue weighted by Crippen LogP contribution is 2.24. The summed E-state index contributed by atoms with van der Waals surface area (Å²) in [6, 6.07) is 10.1. The number of esters is 1. The maximum Gasteiger partial charge on any atom is 0.343 e. The van der Waals surface area contributed by atoms with E-state index in [0.717, 1.165) is 0 Å². The van der Waals surface area contributed by atoms with Gasteiger partial charge < -0.3 is 9.84 Å². The third-order valence-corrected chi connectivity index (χ3v) is 3.21. The largest absolute Gasteiger partial charge is 0.478 e. The average molecular weight is 311 g/mol. The lowest BCUT2D eigenvalue weighted by molar-refractivity contribution is 0.0681. The van der Waals surface area contributed by atoms with Gasteiger partial charge in [-0.2, -0.15) is 0 Å². The number of halogens is 2. The average Bonchev–Trinajstić information content (AvgIpc) is 2.42. The number of carboxylic acid groups (broad SMARTS) is 1. The normalized spacial score (nSPS) is 10.1. The van der Waals surface area contributed by atoms with E-state index in [9.17, 15) is 9.59 Å². The summed E-state index contributed by atoms with van der Waals surface area (Å²) >= 11 is 11.6. The van der Waals surface area contributed by atoms with Crippen molar-refractivity contribution in [1.29, 1.82) is 0 Å². The van der Waals surface area contributed by atoms with Crippen LogP contribution in [0.5, 0.6) is 5.75 Å². The molecule has 1 N–H and O–H groups in total. The van der Waals surface area contributed by atoms with Gasteiger partial charge in [0.1, 0.15) is 11.3 Å². The Morgan fingerprint density at radius 1 is 1.00 bits per heavy atom. The number of carboxylic acids is 1. The molecule has 0 unspecified atom stereocenters. The van der Waals surface area contributed by atoms with Crippen molar-refractivity contribution in [1.82, 2.24) is 0 Å². The van der Waals surface area contributed by atoms with Gasteiger partial charge in [-0.3, -0.25) is 0 Å². The first kappa shape index (κ1) is 14.4. The molecule has 0 aromatic heterocycles. The highest BCUT2D eigenvalue weighted by molar-refractivity contribution is 6.42. The number of hydrogen-bond donors (Lipinski definition) is 1. The predicted molar refractivity (Wildman–Crippen MR) is 74.8 cm³/mol. The van der Waals surface area contributed by atoms with Crippen molar-refractivity contribution in [2.45, 2.75) is 0 Å². The molecule has 0 aliphatic rings. The van der Waals surface area contributed by atoms with Gasteiger partial charge in [0, 0.05) is 0 Å². The Morgan fingerprint density at radius 2 is 1.70 bits per heavy atom. The van der Waals surface area contributed by atoms with Gasteiger partial charge in [-0.25, -0.2) is 9.59 Å². The second-order valence-electron chi connectivity index (χ2n) is 3.82. The zero-order chi connectivity index (χ0) is 14.7. The van der Waals surface area contributed by atoms with Gasteiger partial charge in [-0.05, 0) is 30.3 Å². The number of aromatic carboxylic acids is 1. The van der Waals surface area contributed by atoms with Crippen LogP contribution in [0.3, 0.4) is 0 Å². The molecule has 102 valence electrons. The van der Waals surface area contributed by atoms with Crippen LogP contribution in [-0.4, -0.2) is 17.0 Å². The molecule has 0 heterocycles. The van der Waals surface area contributed by atoms with E-state index >= 15 is 0 Å². The maximum absolute atomic E-state index is 11.9. The molecule has 0 aliphatic heterocycles. The van der Waals surface area contributed by atoms with Crippen molar-refractivity contribution < 1.29 is 19.4 Å². The van der Waals surface area contributed by atoms with Gasteiger partial charge in [-0.15, -0.1) is 0 Å². The van der Waals surface area contributed by atoms with E-state index in [0.29, 0.717) is 5.02 Å². The zero-order valence-corrected chi connectivity index (χ0v) is 11.5. The van der Waals surface area contributed by atoms with Crippen molar-refractivity contribution in [3.63, 3.8) is 0 Å². The number of carbonyl (C=O) groups excluding carboxylic acids is 1. The number of rotatable bonds is 3. The minimum atomic E-state index is -1.18. The lowest BCUT2D eigenvalue weighted by atomic mass is 10.2. The van der Waals surface area contributed by atoms with Gasteiger partial charge >= 0.3 is 11.9 Å². The van der Waals surface area contributed by atoms with E-state index in [-0.39, 0.29) is 21.9 Å². The highest BCUT2D eigenvalue weighted by atomic mass is 35.5. The fourth-order valence-corrected chi connectivity index (χ4v) is 1.81. The summed E-state index contributed by atoms with van der Waals surface area (Å²) in [5, 5.41) is 9.53. The molecule has 0 amide bonds. The molecule has 2 rings (SSSR count). The standard InChI is InChI=1S/C14H8Cl2O4/c15-10-6-5-8(7-11(10)16)14(19)20-12-4-2-1-3-9(12)13(17)18/h1-7H,(H,17,18). The topological polar surface area (TPSA) is 63.6 Å². The van der Waals surface area contributed by atoms with Gasteiger partial charge in [-0.1, -0.05) is 35.3 Å². The first-order valence-electron chi connectivity index (χ1n) is 5.48. The van der Waals surface area contributed by atoms with Crippen molar-refractivity contribution in [2.24, 2.45) is 0 Å². The SMILES string of the molecule is O=C(Oc1ccccc1C(=O)O)c1ccc(Cl)c(Cl)c1. The molecule has 0 radical (unpaired) electrons. The van der Waals surface area contributed by atoms with E-state index in [1.54, 1.807) is 12.1 Å². The molecular formula is C14H8Cl2O4. The van der Waals surface area contributed by atoms with Crippen molar-refractivity contribution in [3.05, 3.63) is 63.6 Å². The smallest absolute Gasteiger partial charge is 0.343 e. The van der Waals surface area contributed by atoms with Crippen LogP contribution in [0.4, 0.5) is 0 Å². The van der Waals surface area contributed by atoms with E-state index in [4.69, 9.17) is 33.0 Å². The third-order valence-electron chi connectivity index (χ3n) is 2.48. The molecule has 0 saturated heterocycles. The Kier molecular flexibility index (Phi) is 4.27. The molecule has 0 bridgehead atoms. The lowest BCUT2D eigenvalue weighted by Crippen LogP contribution is -2.11. The minimum Gasteiger partial charge on any atom is -0.478 e. The van der Waals surface area contributed by atoms with Crippen LogP contribution in [0.15, 0.2) is 42.5 Å². The number of para-hydroxylation sites is 1. The van der Waals surface area contributed by atoms with E-state index < -0.39 is 11.9 Å². The quantitative estimate of drug-likeness (QED) is 0.689. The van der Waals surface area contributed by atoms with E-state index in [1.165, 1.54) is 30.3 Å². The maximum atomic E-state index is 11.9. The Balaban J connectivity index is 2.28. The van der Waals surface area contributed by atoms with Crippen LogP contribution >= 0.6 is 23.2 Å². The van der Waals surface area contributed by atoms with Crippen molar-refractivity contribution >= 4 is 35.1 Å². The first-order valence-corrected chi connectivity index (χ1v) is 6.24. The van der Waals surface area contributed by atoms with E-state index in [1.807, 2.05) is 0 Å². The third kappa shape index (κ3) is 3.10. The Bertz CT molecular complexity index is 683. The molecule has 2 aromatic carbocycles. The summed E-state index contributed by atoms with van der Waals surface area (Å²) in [6.07, 6.45) is 0. The molecule has 4 nitrogen and oxygen atoms in total. The molecule has 2 aromatic rings. The molecule has 0 aliphatic carbocycles. The fourth-order valence-electron chi connectivity index (χ4n) is 1.51. The molecular weight excluding hydrogens is 303 g/mol. The Morgan fingerprint density at radius 3 is 2.35 bits per heavy atom. The zero-order valence-electron chi connectivity index (χ0n) is 9.97.